The van der Waals surface area contributed by atoms with Crippen molar-refractivity contribution in [2.45, 2.75) is 89.3 Å². The van der Waals surface area contributed by atoms with Crippen LogP contribution in [0.4, 0.5) is 10.5 Å². The maximum absolute atomic E-state index is 12.5. The molecule has 2 aliphatic heterocycles. The van der Waals surface area contributed by atoms with E-state index in [1.54, 1.807) is 17.0 Å². The summed E-state index contributed by atoms with van der Waals surface area (Å²) in [6.07, 6.45) is 8.22. The molecule has 0 bridgehead atoms. The van der Waals surface area contributed by atoms with E-state index in [2.05, 4.69) is 17.0 Å². The summed E-state index contributed by atoms with van der Waals surface area (Å²) >= 11 is 6.42. The Morgan fingerprint density at radius 2 is 1.98 bits per heavy atom. The van der Waals surface area contributed by atoms with Gasteiger partial charge in [0.2, 0.25) is 0 Å². The van der Waals surface area contributed by atoms with Crippen LogP contribution in [0.2, 0.25) is 5.02 Å². The van der Waals surface area contributed by atoms with Gasteiger partial charge in [-0.05, 0) is 131 Å². The van der Waals surface area contributed by atoms with Gasteiger partial charge in [-0.25, -0.2) is 9.59 Å². The third kappa shape index (κ3) is 7.13. The fraction of sp³-hybridized carbons (Fsp3) is 0.622. The molecule has 1 spiro atoms. The molecule has 1 saturated carbocycles. The van der Waals surface area contributed by atoms with E-state index >= 15 is 0 Å². The van der Waals surface area contributed by atoms with E-state index in [-0.39, 0.29) is 23.2 Å². The number of carbonyl (C=O) groups is 2. The minimum atomic E-state index is -0.931. The summed E-state index contributed by atoms with van der Waals surface area (Å²) in [4.78, 5) is 28.6. The summed E-state index contributed by atoms with van der Waals surface area (Å²) in [6.45, 7) is 9.25. The lowest BCUT2D eigenvalue weighted by Gasteiger charge is -2.48. The summed E-state index contributed by atoms with van der Waals surface area (Å²) in [7, 11) is 1.82. The number of fused-ring (bicyclic) bond motifs is 3. The molecular formula is C37H49ClN2O6. The molecule has 0 aromatic heterocycles. The number of carboxylic acids is 1. The second-order valence-electron chi connectivity index (χ2n) is 15.1. The Hall–Kier alpha value is -2.97. The Kier molecular flexibility index (Phi) is 9.50. The van der Waals surface area contributed by atoms with Gasteiger partial charge in [0.15, 0.2) is 0 Å². The van der Waals surface area contributed by atoms with Crippen molar-refractivity contribution in [2.24, 2.45) is 17.8 Å². The third-order valence-electron chi connectivity index (χ3n) is 10.7. The van der Waals surface area contributed by atoms with Gasteiger partial charge in [0.1, 0.15) is 11.4 Å². The highest BCUT2D eigenvalue weighted by molar-refractivity contribution is 6.30. The largest absolute Gasteiger partial charge is 0.490 e. The zero-order valence-electron chi connectivity index (χ0n) is 27.7. The molecule has 5 atom stereocenters. The van der Waals surface area contributed by atoms with Crippen LogP contribution in [-0.4, -0.2) is 73.7 Å². The number of benzene rings is 2. The van der Waals surface area contributed by atoms with Gasteiger partial charge < -0.3 is 29.1 Å². The molecule has 9 heteroatoms. The van der Waals surface area contributed by atoms with Crippen molar-refractivity contribution in [2.75, 3.05) is 44.8 Å². The fourth-order valence-corrected chi connectivity index (χ4v) is 8.30. The van der Waals surface area contributed by atoms with Crippen LogP contribution in [-0.2, 0) is 21.3 Å². The number of anilines is 1. The zero-order chi connectivity index (χ0) is 32.6. The van der Waals surface area contributed by atoms with Gasteiger partial charge in [0.05, 0.1) is 24.0 Å². The first-order valence-corrected chi connectivity index (χ1v) is 17.4. The van der Waals surface area contributed by atoms with Crippen molar-refractivity contribution in [3.05, 3.63) is 58.1 Å². The average Bonchev–Trinajstić information content (AvgIpc) is 3.14. The standard InChI is InChI=1S/C37H49ClN2O6/c1-36(2,3)46-35(43)39(4)16-13-24-14-17-44-33(18-24)29-10-7-27(29)21-40-22-37(15-5-6-25-19-28(38)9-11-30(25)37)23-45-32-12-8-26(34(41)42)20-31(32)40/h8-9,11-12,19-20,24,27,29,33H,5-7,10,13-18,21-23H2,1-4H3,(H,41,42)/t24-,27+,29-,33+,37+/m1/s1. The monoisotopic (exact) mass is 652 g/mol. The first-order valence-electron chi connectivity index (χ1n) is 17.0. The Balaban J connectivity index is 1.18. The van der Waals surface area contributed by atoms with Gasteiger partial charge in [0.25, 0.3) is 0 Å². The molecule has 2 fully saturated rings. The normalized spacial score (nSPS) is 27.5. The number of carboxylic acid groups (broad SMARTS) is 1. The first-order chi connectivity index (χ1) is 21.9. The summed E-state index contributed by atoms with van der Waals surface area (Å²) < 4.78 is 18.5. The maximum Gasteiger partial charge on any atom is 0.410 e. The lowest BCUT2D eigenvalue weighted by Crippen LogP contribution is -2.50. The van der Waals surface area contributed by atoms with Gasteiger partial charge in [-0.2, -0.15) is 0 Å². The van der Waals surface area contributed by atoms with E-state index in [0.717, 1.165) is 87.5 Å². The van der Waals surface area contributed by atoms with Crippen LogP contribution in [0.5, 0.6) is 5.75 Å². The van der Waals surface area contributed by atoms with E-state index in [4.69, 9.17) is 25.8 Å². The van der Waals surface area contributed by atoms with Crippen molar-refractivity contribution in [1.29, 1.82) is 0 Å². The topological polar surface area (TPSA) is 88.5 Å². The number of halogens is 1. The van der Waals surface area contributed by atoms with Gasteiger partial charge in [-0.15, -0.1) is 0 Å². The van der Waals surface area contributed by atoms with Crippen LogP contribution in [0.25, 0.3) is 0 Å². The molecular weight excluding hydrogens is 604 g/mol. The number of ether oxygens (including phenoxy) is 3. The minimum absolute atomic E-state index is 0.198. The van der Waals surface area contributed by atoms with Crippen LogP contribution in [0, 0.1) is 17.8 Å². The number of hydrogen-bond donors (Lipinski definition) is 1. The highest BCUT2D eigenvalue weighted by atomic mass is 35.5. The summed E-state index contributed by atoms with van der Waals surface area (Å²) in [6, 6.07) is 11.5. The SMILES string of the molecule is CN(CC[C@@H]1CCO[C@H]([C@@H]2CC[C@H]2CN2C[C@@]3(CCCc4cc(Cl)ccc43)COc3ccc(C(=O)O)cc32)C1)C(=O)OC(C)(C)C. The second kappa shape index (κ2) is 13.3. The number of rotatable bonds is 7. The molecule has 2 aromatic carbocycles. The van der Waals surface area contributed by atoms with Crippen LogP contribution in [0.1, 0.15) is 87.2 Å². The Labute approximate surface area is 278 Å². The minimum Gasteiger partial charge on any atom is -0.490 e. The van der Waals surface area contributed by atoms with E-state index in [9.17, 15) is 14.7 Å². The smallest absolute Gasteiger partial charge is 0.410 e. The predicted octanol–water partition coefficient (Wildman–Crippen LogP) is 7.59. The van der Waals surface area contributed by atoms with E-state index in [1.807, 2.05) is 40.0 Å². The molecule has 1 saturated heterocycles. The molecule has 2 aromatic rings. The van der Waals surface area contributed by atoms with Crippen LogP contribution >= 0.6 is 11.6 Å². The molecule has 4 aliphatic rings. The Bertz CT molecular complexity index is 1440. The molecule has 6 rings (SSSR count). The van der Waals surface area contributed by atoms with Gasteiger partial charge in [-0.3, -0.25) is 0 Å². The Morgan fingerprint density at radius 1 is 1.15 bits per heavy atom. The number of nitrogens with zero attached hydrogens (tertiary/aromatic N) is 2. The number of hydrogen-bond acceptors (Lipinski definition) is 6. The molecule has 250 valence electrons. The molecule has 2 aliphatic carbocycles. The third-order valence-corrected chi connectivity index (χ3v) is 10.9. The lowest BCUT2D eigenvalue weighted by atomic mass is 9.67. The van der Waals surface area contributed by atoms with Crippen molar-refractivity contribution in [3.63, 3.8) is 0 Å². The van der Waals surface area contributed by atoms with E-state index in [0.29, 0.717) is 30.9 Å². The summed E-state index contributed by atoms with van der Waals surface area (Å²) in [5, 5.41) is 10.6. The van der Waals surface area contributed by atoms with Crippen LogP contribution in [0.15, 0.2) is 36.4 Å². The molecule has 2 heterocycles. The van der Waals surface area contributed by atoms with E-state index < -0.39 is 11.6 Å². The van der Waals surface area contributed by atoms with Crippen molar-refractivity contribution >= 4 is 29.4 Å². The first kappa shape index (κ1) is 33.0. The van der Waals surface area contributed by atoms with Gasteiger partial charge in [0, 0.05) is 43.7 Å². The number of amides is 1. The van der Waals surface area contributed by atoms with Gasteiger partial charge >= 0.3 is 12.1 Å². The average molecular weight is 653 g/mol. The van der Waals surface area contributed by atoms with Crippen LogP contribution in [0.3, 0.4) is 0 Å². The summed E-state index contributed by atoms with van der Waals surface area (Å²) in [5.74, 6) is 1.22. The highest BCUT2D eigenvalue weighted by Crippen LogP contribution is 2.48. The molecule has 1 amide bonds. The quantitative estimate of drug-likeness (QED) is 0.330. The second-order valence-corrected chi connectivity index (χ2v) is 15.5. The molecule has 0 radical (unpaired) electrons. The summed E-state index contributed by atoms with van der Waals surface area (Å²) in [5.41, 5.74) is 3.04. The molecule has 1 N–H and O–H groups in total. The zero-order valence-corrected chi connectivity index (χ0v) is 28.5. The Morgan fingerprint density at radius 3 is 2.72 bits per heavy atom. The number of carbonyl (C=O) groups excluding carboxylic acids is 1. The number of aromatic carboxylic acids is 1. The molecule has 0 unspecified atom stereocenters. The van der Waals surface area contributed by atoms with E-state index in [1.165, 1.54) is 11.1 Å². The fourth-order valence-electron chi connectivity index (χ4n) is 8.11. The predicted molar refractivity (Wildman–Crippen MR) is 179 cm³/mol. The molecule has 8 nitrogen and oxygen atoms in total. The van der Waals surface area contributed by atoms with Crippen molar-refractivity contribution < 1.29 is 28.9 Å². The van der Waals surface area contributed by atoms with Crippen molar-refractivity contribution in [1.82, 2.24) is 4.90 Å². The number of aryl methyl sites for hydroxylation is 1. The van der Waals surface area contributed by atoms with Crippen LogP contribution < -0.4 is 9.64 Å². The maximum atomic E-state index is 12.5. The molecule has 46 heavy (non-hydrogen) atoms. The lowest BCUT2D eigenvalue weighted by molar-refractivity contribution is -0.0839. The van der Waals surface area contributed by atoms with Crippen molar-refractivity contribution in [3.8, 4) is 5.75 Å². The van der Waals surface area contributed by atoms with Gasteiger partial charge in [-0.1, -0.05) is 17.7 Å². The highest BCUT2D eigenvalue weighted by Gasteiger charge is 2.45.